The number of piperidine rings is 1. The zero-order valence-electron chi connectivity index (χ0n) is 14.1. The highest BCUT2D eigenvalue weighted by Gasteiger charge is 2.24. The van der Waals surface area contributed by atoms with Gasteiger partial charge in [0.2, 0.25) is 5.89 Å². The fourth-order valence-corrected chi connectivity index (χ4v) is 3.31. The van der Waals surface area contributed by atoms with Crippen molar-refractivity contribution in [2.75, 3.05) is 29.9 Å². The van der Waals surface area contributed by atoms with Gasteiger partial charge < -0.3 is 14.7 Å². The summed E-state index contributed by atoms with van der Waals surface area (Å²) in [5, 5.41) is 7.46. The standard InChI is InChI=1S/C17H24N6O/c1-12-21-16(22-24-12)7-14-3-2-6-23(10-14)17-8-15(19-11-20-17)18-9-13-4-5-13/h8,11,13-14H,2-7,9-10H2,1H3,(H,18,19,20). The lowest BCUT2D eigenvalue weighted by Gasteiger charge is -2.33. The normalized spacial score (nSPS) is 21.0. The number of hydrogen-bond donors (Lipinski definition) is 1. The second-order valence-corrected chi connectivity index (χ2v) is 6.97. The number of nitrogens with one attached hydrogen (secondary N) is 1. The predicted molar refractivity (Wildman–Crippen MR) is 90.9 cm³/mol. The van der Waals surface area contributed by atoms with Gasteiger partial charge in [0.05, 0.1) is 0 Å². The van der Waals surface area contributed by atoms with E-state index in [-0.39, 0.29) is 0 Å². The topological polar surface area (TPSA) is 80.0 Å². The van der Waals surface area contributed by atoms with Crippen LogP contribution in [0.1, 0.15) is 37.4 Å². The minimum atomic E-state index is 0.536. The van der Waals surface area contributed by atoms with Gasteiger partial charge in [0.25, 0.3) is 0 Å². The quantitative estimate of drug-likeness (QED) is 0.872. The Morgan fingerprint density at radius 1 is 1.25 bits per heavy atom. The molecular weight excluding hydrogens is 304 g/mol. The van der Waals surface area contributed by atoms with Crippen LogP contribution in [0.25, 0.3) is 0 Å². The molecule has 128 valence electrons. The first-order chi connectivity index (χ1) is 11.8. The van der Waals surface area contributed by atoms with E-state index in [0.29, 0.717) is 11.8 Å². The number of hydrogen-bond acceptors (Lipinski definition) is 7. The Bertz CT molecular complexity index is 683. The largest absolute Gasteiger partial charge is 0.370 e. The molecule has 1 N–H and O–H groups in total. The van der Waals surface area contributed by atoms with E-state index in [0.717, 1.165) is 55.9 Å². The van der Waals surface area contributed by atoms with Crippen LogP contribution in [-0.4, -0.2) is 39.7 Å². The molecule has 0 spiro atoms. The molecule has 0 amide bonds. The third-order valence-corrected chi connectivity index (χ3v) is 4.81. The van der Waals surface area contributed by atoms with Gasteiger partial charge in [-0.25, -0.2) is 9.97 Å². The van der Waals surface area contributed by atoms with Crippen molar-refractivity contribution in [3.63, 3.8) is 0 Å². The number of nitrogens with zero attached hydrogens (tertiary/aromatic N) is 5. The third kappa shape index (κ3) is 3.83. The van der Waals surface area contributed by atoms with Crippen molar-refractivity contribution >= 4 is 11.6 Å². The fourth-order valence-electron chi connectivity index (χ4n) is 3.31. The highest BCUT2D eigenvalue weighted by molar-refractivity contribution is 5.48. The molecule has 0 radical (unpaired) electrons. The molecule has 1 aliphatic carbocycles. The van der Waals surface area contributed by atoms with Crippen molar-refractivity contribution in [1.82, 2.24) is 20.1 Å². The maximum absolute atomic E-state index is 5.08. The van der Waals surface area contributed by atoms with Crippen molar-refractivity contribution < 1.29 is 4.52 Å². The minimum Gasteiger partial charge on any atom is -0.370 e. The van der Waals surface area contributed by atoms with Crippen molar-refractivity contribution in [1.29, 1.82) is 0 Å². The van der Waals surface area contributed by atoms with Crippen LogP contribution in [-0.2, 0) is 6.42 Å². The highest BCUT2D eigenvalue weighted by Crippen LogP contribution is 2.29. The zero-order valence-corrected chi connectivity index (χ0v) is 14.1. The summed E-state index contributed by atoms with van der Waals surface area (Å²) < 4.78 is 5.08. The monoisotopic (exact) mass is 328 g/mol. The van der Waals surface area contributed by atoms with Crippen LogP contribution in [0, 0.1) is 18.8 Å². The van der Waals surface area contributed by atoms with Gasteiger partial charge in [0.15, 0.2) is 5.82 Å². The van der Waals surface area contributed by atoms with Gasteiger partial charge in [-0.15, -0.1) is 0 Å². The molecule has 3 heterocycles. The molecule has 2 aromatic rings. The van der Waals surface area contributed by atoms with E-state index in [2.05, 4.69) is 36.4 Å². The van der Waals surface area contributed by atoms with Crippen molar-refractivity contribution in [2.45, 2.75) is 39.0 Å². The van der Waals surface area contributed by atoms with Crippen LogP contribution in [0.5, 0.6) is 0 Å². The van der Waals surface area contributed by atoms with Crippen LogP contribution in [0.4, 0.5) is 11.6 Å². The first-order valence-electron chi connectivity index (χ1n) is 8.86. The summed E-state index contributed by atoms with van der Waals surface area (Å²) in [5.41, 5.74) is 0. The Labute approximate surface area is 141 Å². The van der Waals surface area contributed by atoms with E-state index in [1.54, 1.807) is 6.33 Å². The maximum atomic E-state index is 5.08. The summed E-state index contributed by atoms with van der Waals surface area (Å²) in [6.07, 6.45) is 7.57. The number of aryl methyl sites for hydroxylation is 1. The molecule has 7 nitrogen and oxygen atoms in total. The number of rotatable bonds is 6. The Morgan fingerprint density at radius 3 is 2.96 bits per heavy atom. The van der Waals surface area contributed by atoms with E-state index in [1.165, 1.54) is 19.3 Å². The third-order valence-electron chi connectivity index (χ3n) is 4.81. The molecule has 2 aromatic heterocycles. The van der Waals surface area contributed by atoms with Gasteiger partial charge in [-0.1, -0.05) is 5.16 Å². The van der Waals surface area contributed by atoms with E-state index in [9.17, 15) is 0 Å². The lowest BCUT2D eigenvalue weighted by atomic mass is 9.94. The van der Waals surface area contributed by atoms with Crippen LogP contribution in [0.3, 0.4) is 0 Å². The Morgan fingerprint density at radius 2 is 2.17 bits per heavy atom. The van der Waals surface area contributed by atoms with E-state index >= 15 is 0 Å². The Hall–Kier alpha value is -2.18. The first kappa shape index (κ1) is 15.4. The van der Waals surface area contributed by atoms with Crippen LogP contribution in [0.2, 0.25) is 0 Å². The fraction of sp³-hybridized carbons (Fsp3) is 0.647. The Kier molecular flexibility index (Phi) is 4.32. The molecule has 7 heteroatoms. The molecule has 1 saturated carbocycles. The SMILES string of the molecule is Cc1nc(CC2CCCN(c3cc(NCC4CC4)ncn3)C2)no1. The molecule has 0 bridgehead atoms. The summed E-state index contributed by atoms with van der Waals surface area (Å²) in [6, 6.07) is 2.07. The first-order valence-corrected chi connectivity index (χ1v) is 8.86. The lowest BCUT2D eigenvalue weighted by molar-refractivity contribution is 0.369. The van der Waals surface area contributed by atoms with Crippen LogP contribution in [0.15, 0.2) is 16.9 Å². The zero-order chi connectivity index (χ0) is 16.4. The van der Waals surface area contributed by atoms with Crippen LogP contribution < -0.4 is 10.2 Å². The summed E-state index contributed by atoms with van der Waals surface area (Å²) >= 11 is 0. The second-order valence-electron chi connectivity index (χ2n) is 6.97. The summed E-state index contributed by atoms with van der Waals surface area (Å²) in [5.74, 6) is 4.77. The predicted octanol–water partition coefficient (Wildman–Crippen LogP) is 2.45. The van der Waals surface area contributed by atoms with Crippen molar-refractivity contribution in [3.8, 4) is 0 Å². The van der Waals surface area contributed by atoms with Gasteiger partial charge in [-0.3, -0.25) is 0 Å². The minimum absolute atomic E-state index is 0.536. The summed E-state index contributed by atoms with van der Waals surface area (Å²) in [7, 11) is 0. The smallest absolute Gasteiger partial charge is 0.223 e. The molecular formula is C17H24N6O. The molecule has 1 atom stereocenters. The molecule has 4 rings (SSSR count). The van der Waals surface area contributed by atoms with Gasteiger partial charge in [0, 0.05) is 39.0 Å². The molecule has 1 saturated heterocycles. The van der Waals surface area contributed by atoms with E-state index in [4.69, 9.17) is 4.52 Å². The van der Waals surface area contributed by atoms with Gasteiger partial charge >= 0.3 is 0 Å². The van der Waals surface area contributed by atoms with E-state index in [1.807, 2.05) is 6.92 Å². The van der Waals surface area contributed by atoms with Crippen molar-refractivity contribution in [3.05, 3.63) is 24.1 Å². The summed E-state index contributed by atoms with van der Waals surface area (Å²) in [6.45, 7) is 4.88. The lowest BCUT2D eigenvalue weighted by Crippen LogP contribution is -2.37. The van der Waals surface area contributed by atoms with Crippen molar-refractivity contribution in [2.24, 2.45) is 11.8 Å². The summed E-state index contributed by atoms with van der Waals surface area (Å²) in [4.78, 5) is 15.5. The van der Waals surface area contributed by atoms with Crippen LogP contribution >= 0.6 is 0 Å². The van der Waals surface area contributed by atoms with Gasteiger partial charge in [-0.05, 0) is 37.5 Å². The second kappa shape index (κ2) is 6.75. The average molecular weight is 328 g/mol. The molecule has 2 aliphatic rings. The molecule has 0 aromatic carbocycles. The van der Waals surface area contributed by atoms with Gasteiger partial charge in [0.1, 0.15) is 18.0 Å². The number of anilines is 2. The Balaban J connectivity index is 1.38. The molecule has 1 aliphatic heterocycles. The average Bonchev–Trinajstić information content (AvgIpc) is 3.35. The number of aromatic nitrogens is 4. The van der Waals surface area contributed by atoms with Gasteiger partial charge in [-0.2, -0.15) is 4.98 Å². The molecule has 1 unspecified atom stereocenters. The molecule has 2 fully saturated rings. The molecule has 24 heavy (non-hydrogen) atoms. The van der Waals surface area contributed by atoms with E-state index < -0.39 is 0 Å². The maximum Gasteiger partial charge on any atom is 0.223 e. The highest BCUT2D eigenvalue weighted by atomic mass is 16.5.